The predicted molar refractivity (Wildman–Crippen MR) is 42.6 cm³/mol. The molecule has 11 heavy (non-hydrogen) atoms. The third-order valence-electron chi connectivity index (χ3n) is 0.798. The van der Waals surface area contributed by atoms with Crippen LogP contribution in [0.4, 0.5) is 0 Å². The van der Waals surface area contributed by atoms with E-state index in [1.807, 2.05) is 0 Å². The fourth-order valence-electron chi connectivity index (χ4n) is 0.297. The molecule has 60 valence electrons. The molecule has 0 N–H and O–H groups in total. The highest BCUT2D eigenvalue weighted by atomic mass is 32.1. The number of carbonyl (C=O) groups is 4. The summed E-state index contributed by atoms with van der Waals surface area (Å²) >= 11 is 6.32. The highest BCUT2D eigenvalue weighted by molar-refractivity contribution is 7.99. The summed E-state index contributed by atoms with van der Waals surface area (Å²) in [5.74, 6) is -2.00. The molecule has 0 atom stereocenters. The normalized spacial score (nSPS) is 8.91. The van der Waals surface area contributed by atoms with Crippen LogP contribution in [0.15, 0.2) is 0 Å². The van der Waals surface area contributed by atoms with Gasteiger partial charge in [0.05, 0.1) is 6.42 Å². The van der Waals surface area contributed by atoms with Crippen LogP contribution in [0.3, 0.4) is 0 Å². The molecule has 0 radical (unpaired) electrons. The molecule has 0 aliphatic rings. The van der Waals surface area contributed by atoms with Crippen LogP contribution in [0, 0.1) is 0 Å². The molecular formula is C5H4O4S2. The first-order chi connectivity index (χ1) is 4.95. The van der Waals surface area contributed by atoms with Crippen molar-refractivity contribution in [1.82, 2.24) is 0 Å². The summed E-state index contributed by atoms with van der Waals surface area (Å²) in [7, 11) is 0. The number of carbonyl (C=O) groups excluding carboxylic acids is 4. The largest absolute Gasteiger partial charge is 0.289 e. The summed E-state index contributed by atoms with van der Waals surface area (Å²) in [5.41, 5.74) is 0. The van der Waals surface area contributed by atoms with Gasteiger partial charge in [0.1, 0.15) is 0 Å². The monoisotopic (exact) mass is 192 g/mol. The van der Waals surface area contributed by atoms with E-state index in [1.165, 1.54) is 0 Å². The fraction of sp³-hybridized carbons (Fsp3) is 0.200. The Bertz CT molecular complexity index is 209. The van der Waals surface area contributed by atoms with E-state index in [0.717, 1.165) is 0 Å². The summed E-state index contributed by atoms with van der Waals surface area (Å²) in [4.78, 5) is 41.1. The van der Waals surface area contributed by atoms with Crippen LogP contribution in [0.1, 0.15) is 6.42 Å². The van der Waals surface area contributed by atoms with Crippen molar-refractivity contribution in [2.24, 2.45) is 0 Å². The third kappa shape index (κ3) is 3.94. The highest BCUT2D eigenvalue weighted by Crippen LogP contribution is 1.93. The van der Waals surface area contributed by atoms with Gasteiger partial charge in [0.2, 0.25) is 11.6 Å². The Morgan fingerprint density at radius 2 is 1.09 bits per heavy atom. The predicted octanol–water partition coefficient (Wildman–Crippen LogP) is -0.573. The molecule has 6 heteroatoms. The molecule has 0 saturated heterocycles. The van der Waals surface area contributed by atoms with Gasteiger partial charge in [-0.3, -0.25) is 19.2 Å². The lowest BCUT2D eigenvalue weighted by Crippen LogP contribution is -2.17. The molecule has 0 aliphatic carbocycles. The minimum absolute atomic E-state index is 0.745. The highest BCUT2D eigenvalue weighted by Gasteiger charge is 2.17. The van der Waals surface area contributed by atoms with Crippen molar-refractivity contribution in [3.05, 3.63) is 0 Å². The van der Waals surface area contributed by atoms with Gasteiger partial charge in [-0.05, 0) is 0 Å². The minimum Gasteiger partial charge on any atom is -0.289 e. The maximum atomic E-state index is 10.4. The Morgan fingerprint density at radius 1 is 0.818 bits per heavy atom. The van der Waals surface area contributed by atoms with Crippen molar-refractivity contribution in [3.63, 3.8) is 0 Å². The van der Waals surface area contributed by atoms with Crippen molar-refractivity contribution in [3.8, 4) is 0 Å². The molecule has 0 aliphatic heterocycles. The lowest BCUT2D eigenvalue weighted by molar-refractivity contribution is -0.137. The molecule has 0 spiro atoms. The van der Waals surface area contributed by atoms with Crippen LogP contribution in [-0.4, -0.2) is 21.8 Å². The standard InChI is InChI=1S/C5H4O4S2/c6-2(4(8)10)1-3(7)5(9)11/h1H2,(H,8,10)(H,9,11). The second-order valence-electron chi connectivity index (χ2n) is 1.63. The molecule has 0 amide bonds. The second kappa shape index (κ2) is 4.30. The number of hydrogen-bond acceptors (Lipinski definition) is 4. The van der Waals surface area contributed by atoms with E-state index in [4.69, 9.17) is 0 Å². The summed E-state index contributed by atoms with van der Waals surface area (Å²) in [5, 5.41) is -2.07. The van der Waals surface area contributed by atoms with E-state index in [0.29, 0.717) is 0 Å². The van der Waals surface area contributed by atoms with Crippen LogP contribution in [0.5, 0.6) is 0 Å². The van der Waals surface area contributed by atoms with Crippen molar-refractivity contribution >= 4 is 47.1 Å². The summed E-state index contributed by atoms with van der Waals surface area (Å²) in [6.45, 7) is 0. The number of hydrogen-bond donors (Lipinski definition) is 2. The van der Waals surface area contributed by atoms with Gasteiger partial charge >= 0.3 is 0 Å². The molecule has 0 unspecified atom stereocenters. The second-order valence-corrected chi connectivity index (χ2v) is 2.45. The summed E-state index contributed by atoms with van der Waals surface area (Å²) < 4.78 is 0. The molecule has 0 aromatic carbocycles. The number of Topliss-reactive ketones (excluding diaryl/α,β-unsaturated/α-hetero) is 2. The summed E-state index contributed by atoms with van der Waals surface area (Å²) in [6.07, 6.45) is -0.745. The number of ketones is 2. The third-order valence-corrected chi connectivity index (χ3v) is 1.30. The van der Waals surface area contributed by atoms with Crippen LogP contribution in [-0.2, 0) is 19.2 Å². The van der Waals surface area contributed by atoms with E-state index in [9.17, 15) is 19.2 Å². The molecule has 0 aromatic rings. The first-order valence-corrected chi connectivity index (χ1v) is 3.37. The zero-order chi connectivity index (χ0) is 9.02. The Labute approximate surface area is 73.2 Å². The molecule has 0 rings (SSSR count). The summed E-state index contributed by atoms with van der Waals surface area (Å²) in [6, 6.07) is 0. The van der Waals surface area contributed by atoms with Gasteiger partial charge < -0.3 is 0 Å². The van der Waals surface area contributed by atoms with Crippen molar-refractivity contribution in [1.29, 1.82) is 0 Å². The van der Waals surface area contributed by atoms with Gasteiger partial charge in [-0.25, -0.2) is 0 Å². The SMILES string of the molecule is O=C(S)C(=O)CC(=O)C(=O)S. The van der Waals surface area contributed by atoms with Gasteiger partial charge in [0.25, 0.3) is 10.2 Å². The molecule has 0 heterocycles. The van der Waals surface area contributed by atoms with Crippen molar-refractivity contribution in [2.45, 2.75) is 6.42 Å². The van der Waals surface area contributed by atoms with Gasteiger partial charge in [-0.2, -0.15) is 0 Å². The topological polar surface area (TPSA) is 68.3 Å². The van der Waals surface area contributed by atoms with E-state index in [2.05, 4.69) is 25.3 Å². The Hall–Kier alpha value is -0.620. The molecule has 4 nitrogen and oxygen atoms in total. The van der Waals surface area contributed by atoms with E-state index in [1.54, 1.807) is 0 Å². The van der Waals surface area contributed by atoms with Crippen LogP contribution < -0.4 is 0 Å². The van der Waals surface area contributed by atoms with Crippen LogP contribution >= 0.6 is 25.3 Å². The van der Waals surface area contributed by atoms with E-state index < -0.39 is 28.2 Å². The Morgan fingerprint density at radius 3 is 1.27 bits per heavy atom. The Kier molecular flexibility index (Phi) is 4.06. The lowest BCUT2D eigenvalue weighted by Gasteiger charge is -1.89. The first-order valence-electron chi connectivity index (χ1n) is 2.47. The van der Waals surface area contributed by atoms with Gasteiger partial charge in [-0.1, -0.05) is 25.3 Å². The maximum Gasteiger partial charge on any atom is 0.252 e. The molecule has 0 fully saturated rings. The van der Waals surface area contributed by atoms with Gasteiger partial charge in [-0.15, -0.1) is 0 Å². The molecule has 0 saturated carbocycles. The first kappa shape index (κ1) is 10.4. The van der Waals surface area contributed by atoms with Crippen molar-refractivity contribution < 1.29 is 19.2 Å². The fourth-order valence-corrected chi connectivity index (χ4v) is 0.455. The van der Waals surface area contributed by atoms with E-state index >= 15 is 0 Å². The van der Waals surface area contributed by atoms with Gasteiger partial charge in [0, 0.05) is 0 Å². The number of rotatable bonds is 4. The van der Waals surface area contributed by atoms with Gasteiger partial charge in [0.15, 0.2) is 0 Å². The van der Waals surface area contributed by atoms with E-state index in [-0.39, 0.29) is 0 Å². The van der Waals surface area contributed by atoms with Crippen LogP contribution in [0.2, 0.25) is 0 Å². The lowest BCUT2D eigenvalue weighted by atomic mass is 10.2. The zero-order valence-electron chi connectivity index (χ0n) is 5.23. The number of thiol groups is 2. The average molecular weight is 192 g/mol. The molecular weight excluding hydrogens is 188 g/mol. The zero-order valence-corrected chi connectivity index (χ0v) is 7.02. The molecule has 0 aromatic heterocycles. The average Bonchev–Trinajstić information content (AvgIpc) is 1.87. The quantitative estimate of drug-likeness (QED) is 0.355. The maximum absolute atomic E-state index is 10.4. The van der Waals surface area contributed by atoms with Crippen LogP contribution in [0.25, 0.3) is 0 Å². The van der Waals surface area contributed by atoms with Crippen molar-refractivity contribution in [2.75, 3.05) is 0 Å². The minimum atomic E-state index is -1.03. The Balaban J connectivity index is 4.07. The molecule has 0 bridgehead atoms. The smallest absolute Gasteiger partial charge is 0.252 e.